The Kier molecular flexibility index (Phi) is 3.45. The first-order valence-electron chi connectivity index (χ1n) is 6.48. The van der Waals surface area contributed by atoms with Crippen LogP contribution < -0.4 is 0 Å². The van der Waals surface area contributed by atoms with Crippen LogP contribution in [0.3, 0.4) is 0 Å². The molecule has 1 unspecified atom stereocenters. The molecule has 0 amide bonds. The number of hydrogen-bond acceptors (Lipinski definition) is 4. The molecule has 1 aromatic heterocycles. The van der Waals surface area contributed by atoms with E-state index in [0.717, 1.165) is 10.4 Å². The summed E-state index contributed by atoms with van der Waals surface area (Å²) >= 11 is 0. The Morgan fingerprint density at radius 3 is 2.57 bits per heavy atom. The van der Waals surface area contributed by atoms with Gasteiger partial charge in [0, 0.05) is 5.56 Å². The molecule has 1 N–H and O–H groups in total. The van der Waals surface area contributed by atoms with Crippen molar-refractivity contribution in [3.63, 3.8) is 0 Å². The van der Waals surface area contributed by atoms with Crippen molar-refractivity contribution in [1.82, 2.24) is 20.2 Å². The highest BCUT2D eigenvalue weighted by Crippen LogP contribution is 2.19. The largest absolute Gasteiger partial charge is 0.389 e. The molecular weight excluding hydrogens is 271 g/mol. The standard InChI is InChI=1S/C15H13FN4O/c1-10(21)12-7-8-14(13(16)9-12)20-18-15(17-19-20)11-5-3-2-4-6-11/h2-10,21H,1H3. The SMILES string of the molecule is CC(O)c1ccc(-n2nnc(-c3ccccc3)n2)c(F)c1. The fourth-order valence-corrected chi connectivity index (χ4v) is 1.96. The average Bonchev–Trinajstić information content (AvgIpc) is 2.97. The van der Waals surface area contributed by atoms with Crippen LogP contribution in [0, 0.1) is 5.82 Å². The summed E-state index contributed by atoms with van der Waals surface area (Å²) in [5, 5.41) is 21.4. The minimum absolute atomic E-state index is 0.189. The summed E-state index contributed by atoms with van der Waals surface area (Å²) in [4.78, 5) is 1.14. The van der Waals surface area contributed by atoms with Gasteiger partial charge in [0.2, 0.25) is 5.82 Å². The third-order valence-electron chi connectivity index (χ3n) is 3.12. The van der Waals surface area contributed by atoms with E-state index in [-0.39, 0.29) is 5.69 Å². The smallest absolute Gasteiger partial charge is 0.205 e. The zero-order valence-electron chi connectivity index (χ0n) is 11.3. The number of aliphatic hydroxyl groups is 1. The van der Waals surface area contributed by atoms with Crippen LogP contribution in [0.1, 0.15) is 18.6 Å². The van der Waals surface area contributed by atoms with Crippen LogP contribution >= 0.6 is 0 Å². The van der Waals surface area contributed by atoms with E-state index < -0.39 is 11.9 Å². The van der Waals surface area contributed by atoms with Gasteiger partial charge < -0.3 is 5.11 Å². The summed E-state index contributed by atoms with van der Waals surface area (Å²) in [5.74, 6) is -0.0833. The van der Waals surface area contributed by atoms with Crippen LogP contribution in [-0.4, -0.2) is 25.3 Å². The van der Waals surface area contributed by atoms with Gasteiger partial charge in [0.05, 0.1) is 6.10 Å². The van der Waals surface area contributed by atoms with Gasteiger partial charge in [-0.2, -0.15) is 0 Å². The lowest BCUT2D eigenvalue weighted by atomic mass is 10.1. The number of tetrazole rings is 1. The molecule has 0 aliphatic rings. The van der Waals surface area contributed by atoms with Gasteiger partial charge in [-0.1, -0.05) is 36.4 Å². The van der Waals surface area contributed by atoms with Crippen molar-refractivity contribution in [1.29, 1.82) is 0 Å². The summed E-state index contributed by atoms with van der Waals surface area (Å²) < 4.78 is 14.1. The van der Waals surface area contributed by atoms with Crippen LogP contribution in [0.5, 0.6) is 0 Å². The quantitative estimate of drug-likeness (QED) is 0.802. The average molecular weight is 284 g/mol. The fourth-order valence-electron chi connectivity index (χ4n) is 1.96. The van der Waals surface area contributed by atoms with E-state index in [2.05, 4.69) is 15.4 Å². The number of benzene rings is 2. The molecule has 106 valence electrons. The Morgan fingerprint density at radius 2 is 1.90 bits per heavy atom. The lowest BCUT2D eigenvalue weighted by molar-refractivity contribution is 0.199. The molecule has 2 aromatic carbocycles. The molecule has 1 heterocycles. The number of nitrogens with zero attached hydrogens (tertiary/aromatic N) is 4. The van der Waals surface area contributed by atoms with Crippen LogP contribution in [0.15, 0.2) is 48.5 Å². The van der Waals surface area contributed by atoms with Crippen molar-refractivity contribution < 1.29 is 9.50 Å². The van der Waals surface area contributed by atoms with Gasteiger partial charge in [-0.25, -0.2) is 4.39 Å². The monoisotopic (exact) mass is 284 g/mol. The molecule has 0 saturated carbocycles. The molecule has 6 heteroatoms. The molecule has 0 aliphatic carbocycles. The molecule has 0 fully saturated rings. The van der Waals surface area contributed by atoms with Gasteiger partial charge in [-0.05, 0) is 29.8 Å². The van der Waals surface area contributed by atoms with E-state index in [9.17, 15) is 9.50 Å². The summed E-state index contributed by atoms with van der Waals surface area (Å²) in [5.41, 5.74) is 1.50. The van der Waals surface area contributed by atoms with Gasteiger partial charge in [-0.3, -0.25) is 0 Å². The highest BCUT2D eigenvalue weighted by atomic mass is 19.1. The summed E-state index contributed by atoms with van der Waals surface area (Å²) in [6, 6.07) is 13.8. The third-order valence-corrected chi connectivity index (χ3v) is 3.12. The Bertz CT molecular complexity index is 755. The molecule has 3 aromatic rings. The summed E-state index contributed by atoms with van der Waals surface area (Å²) in [6.45, 7) is 1.58. The van der Waals surface area contributed by atoms with Crippen LogP contribution in [0.25, 0.3) is 17.1 Å². The number of aromatic nitrogens is 4. The van der Waals surface area contributed by atoms with Crippen molar-refractivity contribution in [2.24, 2.45) is 0 Å². The Balaban J connectivity index is 1.97. The van der Waals surface area contributed by atoms with Crippen molar-refractivity contribution in [2.75, 3.05) is 0 Å². The molecule has 21 heavy (non-hydrogen) atoms. The lowest BCUT2D eigenvalue weighted by Gasteiger charge is -2.06. The highest BCUT2D eigenvalue weighted by Gasteiger charge is 2.12. The minimum atomic E-state index is -0.725. The molecule has 0 bridgehead atoms. The minimum Gasteiger partial charge on any atom is -0.389 e. The lowest BCUT2D eigenvalue weighted by Crippen LogP contribution is -2.03. The second-order valence-corrected chi connectivity index (χ2v) is 4.66. The Morgan fingerprint density at radius 1 is 1.14 bits per heavy atom. The molecule has 1 atom stereocenters. The summed E-state index contributed by atoms with van der Waals surface area (Å²) in [7, 11) is 0. The van der Waals surface area contributed by atoms with E-state index >= 15 is 0 Å². The third kappa shape index (κ3) is 2.66. The molecule has 0 saturated heterocycles. The van der Waals surface area contributed by atoms with Crippen molar-refractivity contribution in [3.05, 3.63) is 59.9 Å². The Hall–Kier alpha value is -2.60. The second kappa shape index (κ2) is 5.41. The molecular formula is C15H13FN4O. The van der Waals surface area contributed by atoms with E-state index in [1.54, 1.807) is 13.0 Å². The number of halogens is 1. The maximum atomic E-state index is 14.1. The topological polar surface area (TPSA) is 63.8 Å². The molecule has 0 spiro atoms. The van der Waals surface area contributed by atoms with Crippen molar-refractivity contribution in [3.8, 4) is 17.1 Å². The predicted octanol–water partition coefficient (Wildman–Crippen LogP) is 2.52. The number of aliphatic hydroxyl groups excluding tert-OH is 1. The van der Waals surface area contributed by atoms with Crippen molar-refractivity contribution >= 4 is 0 Å². The first-order chi connectivity index (χ1) is 10.1. The fraction of sp³-hybridized carbons (Fsp3) is 0.133. The van der Waals surface area contributed by atoms with E-state index in [1.807, 2.05) is 30.3 Å². The molecule has 5 nitrogen and oxygen atoms in total. The molecule has 0 aliphatic heterocycles. The van der Waals surface area contributed by atoms with E-state index in [1.165, 1.54) is 12.1 Å². The number of rotatable bonds is 3. The van der Waals surface area contributed by atoms with Gasteiger partial charge in [0.1, 0.15) is 5.69 Å². The first kappa shape index (κ1) is 13.4. The van der Waals surface area contributed by atoms with Gasteiger partial charge >= 0.3 is 0 Å². The second-order valence-electron chi connectivity index (χ2n) is 4.66. The van der Waals surface area contributed by atoms with E-state index in [4.69, 9.17) is 0 Å². The summed E-state index contributed by atoms with van der Waals surface area (Å²) in [6.07, 6.45) is -0.725. The van der Waals surface area contributed by atoms with Crippen LogP contribution in [0.2, 0.25) is 0 Å². The predicted molar refractivity (Wildman–Crippen MR) is 75.2 cm³/mol. The van der Waals surface area contributed by atoms with Crippen LogP contribution in [-0.2, 0) is 0 Å². The number of hydrogen-bond donors (Lipinski definition) is 1. The van der Waals surface area contributed by atoms with Gasteiger partial charge in [0.25, 0.3) is 0 Å². The molecule has 0 radical (unpaired) electrons. The normalized spacial score (nSPS) is 12.3. The zero-order valence-corrected chi connectivity index (χ0v) is 11.3. The van der Waals surface area contributed by atoms with Gasteiger partial charge in [-0.15, -0.1) is 15.0 Å². The highest BCUT2D eigenvalue weighted by molar-refractivity contribution is 5.53. The van der Waals surface area contributed by atoms with Crippen molar-refractivity contribution in [2.45, 2.75) is 13.0 Å². The molecule has 3 rings (SSSR count). The maximum absolute atomic E-state index is 14.1. The first-order valence-corrected chi connectivity index (χ1v) is 6.48. The maximum Gasteiger partial charge on any atom is 0.205 e. The van der Waals surface area contributed by atoms with E-state index in [0.29, 0.717) is 11.4 Å². The Labute approximate surface area is 120 Å². The van der Waals surface area contributed by atoms with Gasteiger partial charge in [0.15, 0.2) is 5.82 Å². The van der Waals surface area contributed by atoms with Crippen LogP contribution in [0.4, 0.5) is 4.39 Å². The zero-order chi connectivity index (χ0) is 14.8.